The third kappa shape index (κ3) is 6.27. The van der Waals surface area contributed by atoms with Gasteiger partial charge in [0.25, 0.3) is 0 Å². The van der Waals surface area contributed by atoms with E-state index in [1.54, 1.807) is 0 Å². The number of benzene rings is 6. The molecule has 10 bridgehead atoms. The lowest BCUT2D eigenvalue weighted by molar-refractivity contribution is 0.752. The van der Waals surface area contributed by atoms with Gasteiger partial charge in [-0.25, -0.2) is 9.97 Å². The Kier molecular flexibility index (Phi) is 8.79. The maximum Gasteiger partial charge on any atom is 0.0737 e. The molecule has 4 nitrogen and oxygen atoms in total. The van der Waals surface area contributed by atoms with Gasteiger partial charge in [-0.15, -0.1) is 0 Å². The van der Waals surface area contributed by atoms with Gasteiger partial charge in [0.05, 0.1) is 22.8 Å². The van der Waals surface area contributed by atoms with Crippen LogP contribution >= 0.6 is 0 Å². The summed E-state index contributed by atoms with van der Waals surface area (Å²) in [6, 6.07) is 56.5. The molecule has 5 aliphatic rings. The van der Waals surface area contributed by atoms with Gasteiger partial charge in [-0.1, -0.05) is 138 Å². The second kappa shape index (κ2) is 15.0. The Morgan fingerprint density at radius 1 is 0.313 bits per heavy atom. The maximum atomic E-state index is 5.64. The molecule has 0 spiro atoms. The summed E-state index contributed by atoms with van der Waals surface area (Å²) in [7, 11) is 0. The zero-order valence-corrected chi connectivity index (χ0v) is 38.3. The van der Waals surface area contributed by atoms with Gasteiger partial charge >= 0.3 is 0 Å². The first-order chi connectivity index (χ1) is 32.7. The van der Waals surface area contributed by atoms with Crippen LogP contribution in [-0.4, -0.2) is 19.9 Å². The van der Waals surface area contributed by atoms with E-state index in [1.165, 1.54) is 61.2 Å². The van der Waals surface area contributed by atoms with Gasteiger partial charge in [0.2, 0.25) is 0 Å². The van der Waals surface area contributed by atoms with E-state index in [0.29, 0.717) is 0 Å². The van der Waals surface area contributed by atoms with Gasteiger partial charge in [-0.2, -0.15) is 0 Å². The zero-order valence-electron chi connectivity index (χ0n) is 38.3. The number of nitrogens with one attached hydrogen (secondary N) is 2. The molecule has 2 unspecified atom stereocenters. The predicted octanol–water partition coefficient (Wildman–Crippen LogP) is 15.9. The number of aryl methyl sites for hydroxylation is 5. The third-order valence-electron chi connectivity index (χ3n) is 14.7. The standard InChI is InChI=1S/C63H48N4/c1-35-10-16-40(17-11-35)58-50-24-26-52(64-50)59(41-18-12-36(2)13-19-41)54-28-30-56(66-54)61(57-31-29-55(67-57)60(53-27-25-51(58)65-53)42-20-14-37(3)15-21-42)43-22-23-46-49(34-43)63-45-9-7-6-8-44(45)62(46)47-32-38(4)39(5)33-48(47)63/h6-34,62-64,67H,1-5H3. The fourth-order valence-corrected chi connectivity index (χ4v) is 11.2. The van der Waals surface area contributed by atoms with Crippen molar-refractivity contribution in [1.29, 1.82) is 0 Å². The van der Waals surface area contributed by atoms with Crippen molar-refractivity contribution < 1.29 is 0 Å². The molecule has 5 heterocycles. The van der Waals surface area contributed by atoms with E-state index >= 15 is 0 Å². The fourth-order valence-electron chi connectivity index (χ4n) is 11.2. The van der Waals surface area contributed by atoms with Crippen LogP contribution < -0.4 is 0 Å². The molecule has 0 amide bonds. The van der Waals surface area contributed by atoms with Crippen molar-refractivity contribution >= 4 is 46.4 Å². The third-order valence-corrected chi connectivity index (χ3v) is 14.7. The smallest absolute Gasteiger partial charge is 0.0737 e. The topological polar surface area (TPSA) is 57.4 Å². The van der Waals surface area contributed by atoms with Crippen LogP contribution in [0.1, 0.15) is 95.8 Å². The van der Waals surface area contributed by atoms with Crippen molar-refractivity contribution in [1.82, 2.24) is 19.9 Å². The highest BCUT2D eigenvalue weighted by molar-refractivity contribution is 6.00. The van der Waals surface area contributed by atoms with Crippen LogP contribution in [0.4, 0.5) is 0 Å². The molecule has 67 heavy (non-hydrogen) atoms. The van der Waals surface area contributed by atoms with Gasteiger partial charge in [0.1, 0.15) is 0 Å². The number of aromatic amines is 2. The maximum absolute atomic E-state index is 5.64. The minimum absolute atomic E-state index is 0.142. The Balaban J connectivity index is 1.13. The van der Waals surface area contributed by atoms with Gasteiger partial charge in [0.15, 0.2) is 0 Å². The highest BCUT2D eigenvalue weighted by atomic mass is 14.8. The van der Waals surface area contributed by atoms with Crippen molar-refractivity contribution in [3.05, 3.63) is 236 Å². The molecule has 2 atom stereocenters. The first-order valence-corrected chi connectivity index (χ1v) is 23.5. The van der Waals surface area contributed by atoms with Crippen molar-refractivity contribution in [2.24, 2.45) is 0 Å². The zero-order chi connectivity index (χ0) is 45.1. The Labute approximate surface area is 391 Å². The molecule has 0 saturated heterocycles. The summed E-state index contributed by atoms with van der Waals surface area (Å²) in [5, 5.41) is 0. The summed E-state index contributed by atoms with van der Waals surface area (Å²) >= 11 is 0. The average Bonchev–Trinajstić information content (AvgIpc) is 4.20. The normalized spacial score (nSPS) is 15.1. The monoisotopic (exact) mass is 860 g/mol. The van der Waals surface area contributed by atoms with Gasteiger partial charge in [0, 0.05) is 56.2 Å². The van der Waals surface area contributed by atoms with Crippen LogP contribution in [0.5, 0.6) is 0 Å². The Morgan fingerprint density at radius 2 is 0.627 bits per heavy atom. The lowest BCUT2D eigenvalue weighted by Crippen LogP contribution is -2.27. The van der Waals surface area contributed by atoms with Crippen LogP contribution in [-0.2, 0) is 0 Å². The lowest BCUT2D eigenvalue weighted by atomic mass is 9.60. The second-order valence-electron chi connectivity index (χ2n) is 19.0. The van der Waals surface area contributed by atoms with E-state index in [2.05, 4.69) is 221 Å². The van der Waals surface area contributed by atoms with Crippen LogP contribution in [0.25, 0.3) is 90.9 Å². The summed E-state index contributed by atoms with van der Waals surface area (Å²) in [6.07, 6.45) is 8.76. The summed E-state index contributed by atoms with van der Waals surface area (Å²) < 4.78 is 0. The number of hydrogen-bond donors (Lipinski definition) is 2. The molecule has 14 rings (SSSR count). The molecule has 6 aromatic carbocycles. The molecule has 320 valence electrons. The quantitative estimate of drug-likeness (QED) is 0.185. The van der Waals surface area contributed by atoms with E-state index in [1.807, 2.05) is 0 Å². The first-order valence-electron chi connectivity index (χ1n) is 23.5. The molecular weight excluding hydrogens is 813 g/mol. The Morgan fingerprint density at radius 3 is 1.01 bits per heavy atom. The van der Waals surface area contributed by atoms with Crippen LogP contribution in [0.3, 0.4) is 0 Å². The molecule has 2 aliphatic heterocycles. The van der Waals surface area contributed by atoms with E-state index in [-0.39, 0.29) is 11.8 Å². The molecule has 3 aliphatic carbocycles. The average molecular weight is 861 g/mol. The van der Waals surface area contributed by atoms with E-state index in [0.717, 1.165) is 89.4 Å². The van der Waals surface area contributed by atoms with Crippen LogP contribution in [0.2, 0.25) is 0 Å². The SMILES string of the molecule is Cc1ccc(-c2c3nc(c(-c4ccc(C)cc4)c4ccc([nH]4)c(-c4ccc5c(c4)C4c6ccccc6C5c5cc(C)c(C)cc54)c4nc(c(-c5ccc(C)cc5)c5ccc2[nH]5)C=C4)C=C3)cc1. The molecule has 0 fully saturated rings. The van der Waals surface area contributed by atoms with Crippen molar-refractivity contribution in [3.8, 4) is 44.5 Å². The minimum atomic E-state index is 0.142. The molecule has 4 heteroatoms. The van der Waals surface area contributed by atoms with Gasteiger partial charge in [-0.05, 0) is 156 Å². The first kappa shape index (κ1) is 39.3. The van der Waals surface area contributed by atoms with Crippen molar-refractivity contribution in [3.63, 3.8) is 0 Å². The molecule has 2 N–H and O–H groups in total. The number of fused-ring (bicyclic) bond motifs is 8. The van der Waals surface area contributed by atoms with Crippen molar-refractivity contribution in [2.75, 3.05) is 0 Å². The number of nitrogens with zero attached hydrogens (tertiary/aromatic N) is 2. The Hall–Kier alpha value is -8.08. The summed E-state index contributed by atoms with van der Waals surface area (Å²) in [6.45, 7) is 10.9. The summed E-state index contributed by atoms with van der Waals surface area (Å²) in [4.78, 5) is 19.1. The molecule has 0 saturated carbocycles. The number of hydrogen-bond acceptors (Lipinski definition) is 2. The molecular formula is C63H48N4. The summed E-state index contributed by atoms with van der Waals surface area (Å²) in [5.41, 5.74) is 31.1. The lowest BCUT2D eigenvalue weighted by Gasteiger charge is -2.42. The number of H-pyrrole nitrogens is 2. The molecule has 9 aromatic rings. The highest BCUT2D eigenvalue weighted by Gasteiger charge is 2.41. The van der Waals surface area contributed by atoms with Crippen LogP contribution in [0, 0.1) is 34.6 Å². The largest absolute Gasteiger partial charge is 0.354 e. The predicted molar refractivity (Wildman–Crippen MR) is 279 cm³/mol. The van der Waals surface area contributed by atoms with Crippen molar-refractivity contribution in [2.45, 2.75) is 46.5 Å². The second-order valence-corrected chi connectivity index (χ2v) is 19.0. The minimum Gasteiger partial charge on any atom is -0.354 e. The molecule has 3 aromatic heterocycles. The fraction of sp³-hybridized carbons (Fsp3) is 0.111. The number of aromatic nitrogens is 4. The van der Waals surface area contributed by atoms with E-state index in [9.17, 15) is 0 Å². The van der Waals surface area contributed by atoms with Gasteiger partial charge < -0.3 is 9.97 Å². The summed E-state index contributed by atoms with van der Waals surface area (Å²) in [5.74, 6) is 0.334. The Bertz CT molecular complexity index is 3740. The highest BCUT2D eigenvalue weighted by Crippen LogP contribution is 2.57. The molecule has 0 radical (unpaired) electrons. The van der Waals surface area contributed by atoms with Crippen LogP contribution in [0.15, 0.2) is 152 Å². The van der Waals surface area contributed by atoms with E-state index in [4.69, 9.17) is 9.97 Å². The van der Waals surface area contributed by atoms with E-state index < -0.39 is 0 Å². The van der Waals surface area contributed by atoms with Gasteiger partial charge in [-0.3, -0.25) is 0 Å². The number of rotatable bonds is 4.